The summed E-state index contributed by atoms with van der Waals surface area (Å²) in [7, 11) is 0. The van der Waals surface area contributed by atoms with Crippen molar-refractivity contribution in [3.63, 3.8) is 0 Å². The Hall–Kier alpha value is -2.60. The number of piperidine rings is 1. The van der Waals surface area contributed by atoms with Crippen molar-refractivity contribution in [2.45, 2.75) is 41.9 Å². The lowest BCUT2D eigenvalue weighted by Gasteiger charge is -2.34. The first-order chi connectivity index (χ1) is 18.9. The van der Waals surface area contributed by atoms with E-state index in [0.29, 0.717) is 37.9 Å². The number of nitrogens with one attached hydrogen (secondary N) is 1. The lowest BCUT2D eigenvalue weighted by Crippen LogP contribution is -2.45. The van der Waals surface area contributed by atoms with Crippen molar-refractivity contribution >= 4 is 29.0 Å². The number of alkyl halides is 6. The molecular weight excluding hydrogens is 554 g/mol. The maximum atomic E-state index is 13.0. The highest BCUT2D eigenvalue weighted by atomic mass is 32.2. The van der Waals surface area contributed by atoms with E-state index in [1.165, 1.54) is 12.1 Å². The van der Waals surface area contributed by atoms with E-state index in [1.807, 2.05) is 4.90 Å². The van der Waals surface area contributed by atoms with Crippen LogP contribution in [0.25, 0.3) is 0 Å². The number of amides is 1. The number of benzene rings is 2. The van der Waals surface area contributed by atoms with Crippen LogP contribution in [-0.4, -0.2) is 73.1 Å². The predicted octanol–water partition coefficient (Wildman–Crippen LogP) is 6.18. The molecule has 0 saturated carbocycles. The number of hydrogen-bond donors (Lipinski definition) is 1. The Balaban J connectivity index is 1.04. The smallest absolute Gasteiger partial charge is 0.381 e. The number of hydrogen-bond acceptors (Lipinski definition) is 5. The summed E-state index contributed by atoms with van der Waals surface area (Å²) in [6, 6.07) is 11.6. The van der Waals surface area contributed by atoms with Gasteiger partial charge < -0.3 is 20.0 Å². The van der Waals surface area contributed by atoms with E-state index in [9.17, 15) is 31.1 Å². The van der Waals surface area contributed by atoms with Gasteiger partial charge in [0, 0.05) is 74.5 Å². The maximum absolute atomic E-state index is 13.0. The van der Waals surface area contributed by atoms with Crippen molar-refractivity contribution in [2.24, 2.45) is 11.8 Å². The van der Waals surface area contributed by atoms with Gasteiger partial charge in [-0.15, -0.1) is 0 Å². The molecule has 3 saturated heterocycles. The molecule has 3 fully saturated rings. The summed E-state index contributed by atoms with van der Waals surface area (Å²) < 4.78 is 76.2. The highest BCUT2D eigenvalue weighted by Gasteiger charge is 2.40. The summed E-state index contributed by atoms with van der Waals surface area (Å²) in [4.78, 5) is 19.5. The molecule has 3 aliphatic heterocycles. The highest BCUT2D eigenvalue weighted by molar-refractivity contribution is 8.00. The van der Waals surface area contributed by atoms with Crippen LogP contribution in [0.15, 0.2) is 53.4 Å². The number of rotatable bonds is 7. The zero-order valence-corrected chi connectivity index (χ0v) is 22.7. The normalized spacial score (nSPS) is 23.9. The Morgan fingerprint density at radius 3 is 2.12 bits per heavy atom. The molecule has 40 heavy (non-hydrogen) atoms. The van der Waals surface area contributed by atoms with Gasteiger partial charge in [0.1, 0.15) is 0 Å². The van der Waals surface area contributed by atoms with Gasteiger partial charge in [0.05, 0.1) is 5.56 Å². The van der Waals surface area contributed by atoms with Crippen molar-refractivity contribution < 1.29 is 31.1 Å². The Morgan fingerprint density at radius 2 is 1.52 bits per heavy atom. The third-order valence-corrected chi connectivity index (χ3v) is 8.74. The molecule has 3 heterocycles. The van der Waals surface area contributed by atoms with Crippen molar-refractivity contribution in [1.82, 2.24) is 9.80 Å². The topological polar surface area (TPSA) is 38.8 Å². The number of likely N-dealkylation sites (tertiary alicyclic amines) is 2. The number of anilines is 2. The lowest BCUT2D eigenvalue weighted by atomic mass is 10.0. The van der Waals surface area contributed by atoms with Crippen molar-refractivity contribution in [3.8, 4) is 0 Å². The Morgan fingerprint density at radius 1 is 0.875 bits per heavy atom. The standard InChI is InChI=1S/C28H32F6N4OS/c29-27(30,31)21-3-7-24(8-4-21)38-16-19-14-36(15-20(19)17-38)13-11-26(39)37-12-1-2-23(18-37)35-22-5-9-25(10-6-22)40-28(32,33)34/h3-10,19-20,23,35H,1-2,11-18H2. The minimum atomic E-state index is -4.34. The number of nitrogens with zero attached hydrogens (tertiary/aromatic N) is 3. The molecule has 5 rings (SSSR count). The molecule has 12 heteroatoms. The minimum absolute atomic E-state index is 0.0427. The van der Waals surface area contributed by atoms with Gasteiger partial charge in [-0.25, -0.2) is 0 Å². The van der Waals surface area contributed by atoms with Crippen molar-refractivity contribution in [1.29, 1.82) is 0 Å². The van der Waals surface area contributed by atoms with E-state index in [2.05, 4.69) is 15.1 Å². The number of halogens is 6. The Labute approximate surface area is 233 Å². The molecule has 0 aromatic heterocycles. The number of carbonyl (C=O) groups is 1. The predicted molar refractivity (Wildman–Crippen MR) is 143 cm³/mol. The summed E-state index contributed by atoms with van der Waals surface area (Å²) >= 11 is -0.140. The van der Waals surface area contributed by atoms with E-state index >= 15 is 0 Å². The van der Waals surface area contributed by atoms with Gasteiger partial charge in [0.25, 0.3) is 0 Å². The molecule has 0 aliphatic carbocycles. The van der Waals surface area contributed by atoms with E-state index in [1.54, 1.807) is 24.3 Å². The van der Waals surface area contributed by atoms with Crippen molar-refractivity contribution in [3.05, 3.63) is 54.1 Å². The van der Waals surface area contributed by atoms with E-state index in [4.69, 9.17) is 0 Å². The summed E-state index contributed by atoms with van der Waals surface area (Å²) in [5.41, 5.74) is -3.41. The second-order valence-electron chi connectivity index (χ2n) is 10.9. The van der Waals surface area contributed by atoms with Gasteiger partial charge in [0.2, 0.25) is 5.91 Å². The van der Waals surface area contributed by atoms with Gasteiger partial charge in [0.15, 0.2) is 0 Å². The second kappa shape index (κ2) is 11.7. The third kappa shape index (κ3) is 7.37. The molecule has 3 unspecified atom stereocenters. The first kappa shape index (κ1) is 28.9. The largest absolute Gasteiger partial charge is 0.446 e. The number of carbonyl (C=O) groups excluding carboxylic acids is 1. The first-order valence-corrected chi connectivity index (χ1v) is 14.3. The van der Waals surface area contributed by atoms with Crippen LogP contribution < -0.4 is 10.2 Å². The average molecular weight is 587 g/mol. The van der Waals surface area contributed by atoms with Crippen LogP contribution in [-0.2, 0) is 11.0 Å². The van der Waals surface area contributed by atoms with Crippen LogP contribution in [0, 0.1) is 11.8 Å². The fourth-order valence-electron chi connectivity index (χ4n) is 6.07. The Bertz CT molecular complexity index is 1140. The molecule has 3 aliphatic rings. The molecule has 1 amide bonds. The first-order valence-electron chi connectivity index (χ1n) is 13.5. The molecule has 2 aromatic carbocycles. The van der Waals surface area contributed by atoms with E-state index in [-0.39, 0.29) is 28.6 Å². The highest BCUT2D eigenvalue weighted by Crippen LogP contribution is 2.38. The third-order valence-electron chi connectivity index (χ3n) is 8.00. The zero-order valence-electron chi connectivity index (χ0n) is 21.8. The summed E-state index contributed by atoms with van der Waals surface area (Å²) in [6.07, 6.45) is -2.16. The van der Waals surface area contributed by atoms with E-state index in [0.717, 1.165) is 62.5 Å². The fourth-order valence-corrected chi connectivity index (χ4v) is 6.61. The van der Waals surface area contributed by atoms with Gasteiger partial charge in [-0.2, -0.15) is 26.3 Å². The number of fused-ring (bicyclic) bond motifs is 1. The quantitative estimate of drug-likeness (QED) is 0.310. The van der Waals surface area contributed by atoms with Gasteiger partial charge in [-0.05, 0) is 85.0 Å². The molecule has 1 N–H and O–H groups in total. The van der Waals surface area contributed by atoms with Crippen LogP contribution in [0.2, 0.25) is 0 Å². The van der Waals surface area contributed by atoms with Crippen LogP contribution >= 0.6 is 11.8 Å². The molecule has 0 bridgehead atoms. The number of thioether (sulfide) groups is 1. The average Bonchev–Trinajstić information content (AvgIpc) is 3.47. The minimum Gasteiger partial charge on any atom is -0.381 e. The SMILES string of the molecule is O=C(CCN1CC2CN(c3ccc(C(F)(F)F)cc3)CC2C1)N1CCCC(Nc2ccc(SC(F)(F)F)cc2)C1. The van der Waals surface area contributed by atoms with Crippen LogP contribution in [0.3, 0.4) is 0 Å². The molecule has 218 valence electrons. The van der Waals surface area contributed by atoms with Gasteiger partial charge in [-0.3, -0.25) is 4.79 Å². The fraction of sp³-hybridized carbons (Fsp3) is 0.536. The summed E-state index contributed by atoms with van der Waals surface area (Å²) in [5, 5.41) is 3.35. The van der Waals surface area contributed by atoms with Gasteiger partial charge in [-0.1, -0.05) is 0 Å². The Kier molecular flexibility index (Phi) is 8.47. The molecule has 3 atom stereocenters. The summed E-state index contributed by atoms with van der Waals surface area (Å²) in [6.45, 7) is 5.30. The molecule has 0 spiro atoms. The molecule has 2 aromatic rings. The van der Waals surface area contributed by atoms with Gasteiger partial charge >= 0.3 is 11.7 Å². The van der Waals surface area contributed by atoms with E-state index < -0.39 is 17.2 Å². The van der Waals surface area contributed by atoms with Crippen LogP contribution in [0.5, 0.6) is 0 Å². The maximum Gasteiger partial charge on any atom is 0.446 e. The van der Waals surface area contributed by atoms with Crippen LogP contribution in [0.1, 0.15) is 24.8 Å². The zero-order chi connectivity index (χ0) is 28.5. The van der Waals surface area contributed by atoms with Crippen molar-refractivity contribution in [2.75, 3.05) is 56.0 Å². The second-order valence-corrected chi connectivity index (χ2v) is 12.0. The monoisotopic (exact) mass is 586 g/mol. The summed E-state index contributed by atoms with van der Waals surface area (Å²) in [5.74, 6) is 0.968. The lowest BCUT2D eigenvalue weighted by molar-refractivity contribution is -0.137. The molecule has 0 radical (unpaired) electrons. The van der Waals surface area contributed by atoms with Crippen LogP contribution in [0.4, 0.5) is 37.7 Å². The molecular formula is C28H32F6N4OS. The molecule has 5 nitrogen and oxygen atoms in total.